The van der Waals surface area contributed by atoms with Crippen molar-refractivity contribution in [3.8, 4) is 0 Å². The maximum atomic E-state index is 9.43. The Morgan fingerprint density at radius 2 is 2.21 bits per heavy atom. The summed E-state index contributed by atoms with van der Waals surface area (Å²) in [6.45, 7) is 0.513. The van der Waals surface area contributed by atoms with Crippen LogP contribution in [0, 0.1) is 0 Å². The van der Waals surface area contributed by atoms with Gasteiger partial charge in [-0.2, -0.15) is 5.21 Å². The Kier molecular flexibility index (Phi) is 2.47. The van der Waals surface area contributed by atoms with Gasteiger partial charge in [-0.25, -0.2) is 0 Å². The highest BCUT2D eigenvalue weighted by atomic mass is 16.3. The second-order valence-electron chi connectivity index (χ2n) is 3.95. The smallest absolute Gasteiger partial charge is 0.181 e. The Balaban J connectivity index is 2.19. The van der Waals surface area contributed by atoms with Crippen molar-refractivity contribution in [2.24, 2.45) is 5.73 Å². The van der Waals surface area contributed by atoms with Crippen LogP contribution in [0.3, 0.4) is 0 Å². The highest BCUT2D eigenvalue weighted by molar-refractivity contribution is 5.08. The third-order valence-corrected chi connectivity index (χ3v) is 3.12. The summed E-state index contributed by atoms with van der Waals surface area (Å²) in [5.74, 6) is 0.687. The molecule has 78 valence electrons. The predicted octanol–water partition coefficient (Wildman–Crippen LogP) is -0.669. The third-order valence-electron chi connectivity index (χ3n) is 3.12. The lowest BCUT2D eigenvalue weighted by molar-refractivity contribution is 0.0948. The first-order valence-electron chi connectivity index (χ1n) is 4.89. The molecule has 1 heterocycles. The lowest BCUT2D eigenvalue weighted by Gasteiger charge is -2.35. The summed E-state index contributed by atoms with van der Waals surface area (Å²) in [5.41, 5.74) is 5.60. The van der Waals surface area contributed by atoms with Crippen LogP contribution in [0.15, 0.2) is 0 Å². The van der Waals surface area contributed by atoms with Gasteiger partial charge in [-0.05, 0) is 25.7 Å². The van der Waals surface area contributed by atoms with Gasteiger partial charge in [-0.15, -0.1) is 10.2 Å². The molecular formula is C8H15N5O. The topological polar surface area (TPSA) is 101 Å². The lowest BCUT2D eigenvalue weighted by atomic mass is 9.72. The van der Waals surface area contributed by atoms with Gasteiger partial charge in [0.1, 0.15) is 0 Å². The number of aliphatic hydroxyl groups is 1. The van der Waals surface area contributed by atoms with Gasteiger partial charge in [0.05, 0.1) is 6.10 Å². The minimum Gasteiger partial charge on any atom is -0.393 e. The molecule has 1 aromatic heterocycles. The number of aliphatic hydroxyl groups excluding tert-OH is 1. The van der Waals surface area contributed by atoms with Gasteiger partial charge in [-0.3, -0.25) is 0 Å². The number of nitrogens with one attached hydrogen (secondary N) is 1. The molecule has 0 bridgehead atoms. The largest absolute Gasteiger partial charge is 0.393 e. The summed E-state index contributed by atoms with van der Waals surface area (Å²) in [6, 6.07) is 0. The molecule has 14 heavy (non-hydrogen) atoms. The van der Waals surface area contributed by atoms with E-state index in [4.69, 9.17) is 5.73 Å². The van der Waals surface area contributed by atoms with E-state index in [1.165, 1.54) is 0 Å². The zero-order valence-electron chi connectivity index (χ0n) is 7.98. The summed E-state index contributed by atoms with van der Waals surface area (Å²) in [4.78, 5) is 0. The number of tetrazole rings is 1. The molecule has 1 aliphatic rings. The quantitative estimate of drug-likeness (QED) is 0.583. The van der Waals surface area contributed by atoms with E-state index in [-0.39, 0.29) is 11.5 Å². The highest BCUT2D eigenvalue weighted by Gasteiger charge is 2.38. The molecule has 0 spiro atoms. The van der Waals surface area contributed by atoms with Crippen molar-refractivity contribution in [2.45, 2.75) is 37.2 Å². The van der Waals surface area contributed by atoms with Crippen LogP contribution < -0.4 is 5.73 Å². The number of aromatic nitrogens is 4. The second kappa shape index (κ2) is 3.62. The number of H-pyrrole nitrogens is 1. The van der Waals surface area contributed by atoms with E-state index in [0.29, 0.717) is 12.4 Å². The van der Waals surface area contributed by atoms with Crippen molar-refractivity contribution in [3.05, 3.63) is 5.82 Å². The Labute approximate surface area is 81.9 Å². The number of nitrogens with two attached hydrogens (primary N) is 1. The second-order valence-corrected chi connectivity index (χ2v) is 3.95. The van der Waals surface area contributed by atoms with Crippen LogP contribution >= 0.6 is 0 Å². The van der Waals surface area contributed by atoms with Crippen molar-refractivity contribution >= 4 is 0 Å². The Morgan fingerprint density at radius 3 is 2.71 bits per heavy atom. The molecule has 4 N–H and O–H groups in total. The maximum absolute atomic E-state index is 9.43. The van der Waals surface area contributed by atoms with E-state index in [1.54, 1.807) is 0 Å². The summed E-state index contributed by atoms with van der Waals surface area (Å²) < 4.78 is 0. The van der Waals surface area contributed by atoms with Gasteiger partial charge in [0.25, 0.3) is 0 Å². The van der Waals surface area contributed by atoms with Crippen molar-refractivity contribution in [1.82, 2.24) is 20.6 Å². The number of nitrogens with zero attached hydrogens (tertiary/aromatic N) is 3. The zero-order chi connectivity index (χ0) is 10.0. The molecule has 0 unspecified atom stereocenters. The SMILES string of the molecule is NCC1(c2nn[nH]n2)CCC(O)CC1. The fourth-order valence-corrected chi connectivity index (χ4v) is 2.06. The Bertz CT molecular complexity index is 278. The van der Waals surface area contributed by atoms with Gasteiger partial charge in [0, 0.05) is 12.0 Å². The van der Waals surface area contributed by atoms with Gasteiger partial charge in [0.15, 0.2) is 5.82 Å². The van der Waals surface area contributed by atoms with Gasteiger partial charge in [0.2, 0.25) is 0 Å². The Hall–Kier alpha value is -1.01. The molecular weight excluding hydrogens is 182 g/mol. The summed E-state index contributed by atoms with van der Waals surface area (Å²) >= 11 is 0. The van der Waals surface area contributed by atoms with E-state index in [0.717, 1.165) is 25.7 Å². The fraction of sp³-hybridized carbons (Fsp3) is 0.875. The molecule has 2 rings (SSSR count). The monoisotopic (exact) mass is 197 g/mol. The number of rotatable bonds is 2. The lowest BCUT2D eigenvalue weighted by Crippen LogP contribution is -2.41. The molecule has 1 fully saturated rings. The maximum Gasteiger partial charge on any atom is 0.181 e. The fourth-order valence-electron chi connectivity index (χ4n) is 2.06. The molecule has 0 aliphatic heterocycles. The predicted molar refractivity (Wildman–Crippen MR) is 49.4 cm³/mol. The summed E-state index contributed by atoms with van der Waals surface area (Å²) in [7, 11) is 0. The van der Waals surface area contributed by atoms with E-state index in [2.05, 4.69) is 20.6 Å². The van der Waals surface area contributed by atoms with Crippen molar-refractivity contribution in [3.63, 3.8) is 0 Å². The van der Waals surface area contributed by atoms with Crippen LogP contribution in [-0.2, 0) is 5.41 Å². The zero-order valence-corrected chi connectivity index (χ0v) is 7.98. The molecule has 6 nitrogen and oxygen atoms in total. The molecule has 0 aromatic carbocycles. The number of hydrogen-bond acceptors (Lipinski definition) is 5. The summed E-state index contributed by atoms with van der Waals surface area (Å²) in [6.07, 6.45) is 3.02. The number of aromatic amines is 1. The molecule has 0 atom stereocenters. The third kappa shape index (κ3) is 1.51. The normalized spacial score (nSPS) is 33.1. The average Bonchev–Trinajstić information content (AvgIpc) is 2.73. The molecule has 0 saturated heterocycles. The Morgan fingerprint density at radius 1 is 1.50 bits per heavy atom. The minimum atomic E-state index is -0.193. The molecule has 1 saturated carbocycles. The van der Waals surface area contributed by atoms with Crippen molar-refractivity contribution in [1.29, 1.82) is 0 Å². The summed E-state index contributed by atoms with van der Waals surface area (Å²) in [5, 5.41) is 23.4. The molecule has 6 heteroatoms. The first-order chi connectivity index (χ1) is 6.77. The molecule has 0 amide bonds. The molecule has 1 aliphatic carbocycles. The standard InChI is InChI=1S/C8H15N5O/c9-5-8(7-10-12-13-11-7)3-1-6(14)2-4-8/h6,14H,1-5,9H2,(H,10,11,12,13). The van der Waals surface area contributed by atoms with Crippen LogP contribution in [0.4, 0.5) is 0 Å². The van der Waals surface area contributed by atoms with Crippen LogP contribution in [-0.4, -0.2) is 38.4 Å². The minimum absolute atomic E-state index is 0.174. The van der Waals surface area contributed by atoms with Crippen LogP contribution in [0.5, 0.6) is 0 Å². The highest BCUT2D eigenvalue weighted by Crippen LogP contribution is 2.36. The molecule has 1 aromatic rings. The van der Waals surface area contributed by atoms with E-state index < -0.39 is 0 Å². The van der Waals surface area contributed by atoms with Crippen molar-refractivity contribution in [2.75, 3.05) is 6.54 Å². The van der Waals surface area contributed by atoms with Gasteiger partial charge in [-0.1, -0.05) is 5.21 Å². The van der Waals surface area contributed by atoms with Crippen LogP contribution in [0.1, 0.15) is 31.5 Å². The van der Waals surface area contributed by atoms with Gasteiger partial charge < -0.3 is 10.8 Å². The van der Waals surface area contributed by atoms with E-state index in [1.807, 2.05) is 0 Å². The van der Waals surface area contributed by atoms with Crippen molar-refractivity contribution < 1.29 is 5.11 Å². The number of hydrogen-bond donors (Lipinski definition) is 3. The average molecular weight is 197 g/mol. The van der Waals surface area contributed by atoms with Crippen LogP contribution in [0.25, 0.3) is 0 Å². The first kappa shape index (κ1) is 9.54. The van der Waals surface area contributed by atoms with E-state index in [9.17, 15) is 5.11 Å². The van der Waals surface area contributed by atoms with Crippen LogP contribution in [0.2, 0.25) is 0 Å². The first-order valence-corrected chi connectivity index (χ1v) is 4.89. The van der Waals surface area contributed by atoms with Gasteiger partial charge >= 0.3 is 0 Å². The molecule has 0 radical (unpaired) electrons. The van der Waals surface area contributed by atoms with E-state index >= 15 is 0 Å².